The summed E-state index contributed by atoms with van der Waals surface area (Å²) in [6.07, 6.45) is 10.3. The molecule has 0 aliphatic rings. The molecule has 0 unspecified atom stereocenters. The van der Waals surface area contributed by atoms with Crippen molar-refractivity contribution in [3.8, 4) is 0 Å². The third-order valence-electron chi connectivity index (χ3n) is 3.38. The predicted octanol–water partition coefficient (Wildman–Crippen LogP) is 6.75. The SMILES string of the molecule is C=C/C=C(\SC)c1ccc(/C(C)=C/C=C(\C)c2c#cccc2)s1. The molecule has 0 bridgehead atoms. The summed E-state index contributed by atoms with van der Waals surface area (Å²) in [4.78, 5) is 3.83. The average Bonchev–Trinajstić information content (AvgIpc) is 3.08. The Morgan fingerprint density at radius 2 is 1.83 bits per heavy atom. The highest BCUT2D eigenvalue weighted by atomic mass is 32.2. The van der Waals surface area contributed by atoms with Gasteiger partial charge in [-0.1, -0.05) is 43.0 Å². The molecule has 0 nitrogen and oxygen atoms in total. The van der Waals surface area contributed by atoms with Crippen LogP contribution in [0.1, 0.15) is 29.2 Å². The van der Waals surface area contributed by atoms with Crippen LogP contribution in [0.5, 0.6) is 0 Å². The summed E-state index contributed by atoms with van der Waals surface area (Å²) in [5, 5.41) is 0. The van der Waals surface area contributed by atoms with Crippen LogP contribution in [-0.4, -0.2) is 6.26 Å². The quantitative estimate of drug-likeness (QED) is 0.526. The molecular weight excluding hydrogens is 316 g/mol. The van der Waals surface area contributed by atoms with Crippen molar-refractivity contribution in [2.75, 3.05) is 6.26 Å². The molecular formula is C21H20S2. The van der Waals surface area contributed by atoms with E-state index in [1.807, 2.05) is 29.5 Å². The van der Waals surface area contributed by atoms with Crippen LogP contribution in [-0.2, 0) is 0 Å². The zero-order valence-electron chi connectivity index (χ0n) is 13.7. The van der Waals surface area contributed by atoms with E-state index in [4.69, 9.17) is 0 Å². The molecule has 1 aromatic carbocycles. The maximum Gasteiger partial charge on any atom is 0.0412 e. The van der Waals surface area contributed by atoms with E-state index in [2.05, 4.69) is 75.2 Å². The Bertz CT molecular complexity index is 743. The minimum absolute atomic E-state index is 1.09. The van der Waals surface area contributed by atoms with Gasteiger partial charge in [0.05, 0.1) is 0 Å². The van der Waals surface area contributed by atoms with Crippen LogP contribution in [0.3, 0.4) is 0 Å². The molecule has 0 radical (unpaired) electrons. The number of hydrogen-bond donors (Lipinski definition) is 0. The van der Waals surface area contributed by atoms with Gasteiger partial charge in [0.1, 0.15) is 0 Å². The fraction of sp³-hybridized carbons (Fsp3) is 0.143. The summed E-state index contributed by atoms with van der Waals surface area (Å²) in [5.74, 6) is 0. The largest absolute Gasteiger partial charge is 0.135 e. The van der Waals surface area contributed by atoms with E-state index in [9.17, 15) is 0 Å². The lowest BCUT2D eigenvalue weighted by molar-refractivity contribution is 1.58. The molecule has 0 spiro atoms. The normalized spacial score (nSPS) is 12.9. The molecule has 2 rings (SSSR count). The van der Waals surface area contributed by atoms with E-state index in [0.29, 0.717) is 0 Å². The Morgan fingerprint density at radius 1 is 1.09 bits per heavy atom. The molecule has 2 heteroatoms. The van der Waals surface area contributed by atoms with E-state index in [0.717, 1.165) is 5.56 Å². The number of hydrogen-bond acceptors (Lipinski definition) is 2. The van der Waals surface area contributed by atoms with Crippen molar-refractivity contribution in [1.82, 2.24) is 0 Å². The Hall–Kier alpha value is -1.95. The Balaban J connectivity index is 2.20. The van der Waals surface area contributed by atoms with Crippen molar-refractivity contribution in [3.63, 3.8) is 0 Å². The first kappa shape index (κ1) is 17.4. The van der Waals surface area contributed by atoms with E-state index < -0.39 is 0 Å². The predicted molar refractivity (Wildman–Crippen MR) is 107 cm³/mol. The van der Waals surface area contributed by atoms with Crippen LogP contribution < -0.4 is 0 Å². The van der Waals surface area contributed by atoms with E-state index in [-0.39, 0.29) is 0 Å². The first-order valence-electron chi connectivity index (χ1n) is 7.37. The maximum absolute atomic E-state index is 3.78. The monoisotopic (exact) mass is 336 g/mol. The molecule has 0 N–H and O–H groups in total. The third-order valence-corrected chi connectivity index (χ3v) is 5.56. The molecule has 116 valence electrons. The van der Waals surface area contributed by atoms with E-state index in [1.54, 1.807) is 11.8 Å². The van der Waals surface area contributed by atoms with Crippen LogP contribution >= 0.6 is 23.1 Å². The van der Waals surface area contributed by atoms with Gasteiger partial charge in [-0.05, 0) is 61.6 Å². The molecule has 1 heterocycles. The highest BCUT2D eigenvalue weighted by Crippen LogP contribution is 2.34. The first-order chi connectivity index (χ1) is 11.2. The summed E-state index contributed by atoms with van der Waals surface area (Å²) in [6, 6.07) is 16.4. The van der Waals surface area contributed by atoms with Gasteiger partial charge >= 0.3 is 0 Å². The van der Waals surface area contributed by atoms with E-state index in [1.165, 1.54) is 25.8 Å². The van der Waals surface area contributed by atoms with Gasteiger partial charge in [-0.2, -0.15) is 0 Å². The minimum Gasteiger partial charge on any atom is -0.135 e. The van der Waals surface area contributed by atoms with Crippen LogP contribution in [0, 0.1) is 12.1 Å². The second-order valence-electron chi connectivity index (χ2n) is 5.04. The smallest absolute Gasteiger partial charge is 0.0412 e. The van der Waals surface area contributed by atoms with Crippen LogP contribution in [0.25, 0.3) is 16.1 Å². The molecule has 0 saturated carbocycles. The molecule has 0 fully saturated rings. The fourth-order valence-corrected chi connectivity index (χ4v) is 3.83. The number of allylic oxidation sites excluding steroid dienone is 6. The molecule has 0 aliphatic carbocycles. The highest BCUT2D eigenvalue weighted by molar-refractivity contribution is 8.07. The molecule has 2 aromatic rings. The van der Waals surface area contributed by atoms with Gasteiger partial charge in [-0.25, -0.2) is 0 Å². The Morgan fingerprint density at radius 3 is 2.48 bits per heavy atom. The van der Waals surface area contributed by atoms with Crippen molar-refractivity contribution in [2.24, 2.45) is 0 Å². The second-order valence-corrected chi connectivity index (χ2v) is 6.97. The zero-order chi connectivity index (χ0) is 16.7. The maximum atomic E-state index is 3.78. The lowest BCUT2D eigenvalue weighted by Crippen LogP contribution is -1.76. The lowest BCUT2D eigenvalue weighted by atomic mass is 10.1. The summed E-state index contributed by atoms with van der Waals surface area (Å²) < 4.78 is 0. The number of thioether (sulfide) groups is 1. The van der Waals surface area contributed by atoms with Crippen LogP contribution in [0.2, 0.25) is 0 Å². The first-order valence-corrected chi connectivity index (χ1v) is 9.41. The number of rotatable bonds is 6. The van der Waals surface area contributed by atoms with E-state index >= 15 is 0 Å². The topological polar surface area (TPSA) is 0 Å². The van der Waals surface area contributed by atoms with Gasteiger partial charge in [0, 0.05) is 20.2 Å². The zero-order valence-corrected chi connectivity index (χ0v) is 15.4. The van der Waals surface area contributed by atoms with Crippen molar-refractivity contribution < 1.29 is 0 Å². The molecule has 0 atom stereocenters. The summed E-state index contributed by atoms with van der Waals surface area (Å²) in [6.45, 7) is 8.03. The molecule has 1 aromatic heterocycles. The second kappa shape index (κ2) is 8.62. The molecule has 0 amide bonds. The molecule has 0 aliphatic heterocycles. The molecule has 0 saturated heterocycles. The Kier molecular flexibility index (Phi) is 6.52. The van der Waals surface area contributed by atoms with Crippen LogP contribution in [0.4, 0.5) is 0 Å². The average molecular weight is 337 g/mol. The minimum atomic E-state index is 1.09. The van der Waals surface area contributed by atoms with Crippen molar-refractivity contribution >= 4 is 39.2 Å². The lowest BCUT2D eigenvalue weighted by Gasteiger charge is -1.99. The van der Waals surface area contributed by atoms with Gasteiger partial charge in [0.25, 0.3) is 0 Å². The van der Waals surface area contributed by atoms with Gasteiger partial charge in [0.15, 0.2) is 0 Å². The summed E-state index contributed by atoms with van der Waals surface area (Å²) in [5.41, 5.74) is 3.54. The van der Waals surface area contributed by atoms with Crippen molar-refractivity contribution in [2.45, 2.75) is 13.8 Å². The Labute approximate surface area is 148 Å². The third kappa shape index (κ3) is 4.76. The van der Waals surface area contributed by atoms with Crippen LogP contribution in [0.15, 0.2) is 61.2 Å². The van der Waals surface area contributed by atoms with Gasteiger partial charge < -0.3 is 0 Å². The van der Waals surface area contributed by atoms with Gasteiger partial charge in [-0.3, -0.25) is 0 Å². The summed E-state index contributed by atoms with van der Waals surface area (Å²) in [7, 11) is 0. The highest BCUT2D eigenvalue weighted by Gasteiger charge is 2.05. The van der Waals surface area contributed by atoms with Crippen molar-refractivity contribution in [3.05, 3.63) is 88.7 Å². The fourth-order valence-electron chi connectivity index (χ4n) is 2.05. The van der Waals surface area contributed by atoms with Crippen molar-refractivity contribution in [1.29, 1.82) is 0 Å². The van der Waals surface area contributed by atoms with Gasteiger partial charge in [-0.15, -0.1) is 23.1 Å². The molecule has 23 heavy (non-hydrogen) atoms. The standard InChI is InChI=1S/C21H20S2/c1-5-9-20(22-4)21-15-14-19(23-21)17(3)13-12-16(2)18-10-7-6-8-11-18/h5-7,9-10,12-15H,1H2,2-4H3/b16-12+,17-13+,20-9-. The number of thiophene rings is 1. The van der Waals surface area contributed by atoms with Gasteiger partial charge in [0.2, 0.25) is 0 Å². The summed E-state index contributed by atoms with van der Waals surface area (Å²) >= 11 is 3.56.